The van der Waals surface area contributed by atoms with Gasteiger partial charge >= 0.3 is 5.97 Å². The maximum atomic E-state index is 12.9. The van der Waals surface area contributed by atoms with Gasteiger partial charge < -0.3 is 20.3 Å². The number of benzene rings is 2. The van der Waals surface area contributed by atoms with Crippen molar-refractivity contribution in [2.24, 2.45) is 5.92 Å². The lowest BCUT2D eigenvalue weighted by Gasteiger charge is -2.32. The van der Waals surface area contributed by atoms with E-state index in [1.54, 1.807) is 17.0 Å². The Morgan fingerprint density at radius 1 is 1.03 bits per heavy atom. The first kappa shape index (κ1) is 21.6. The molecule has 7 nitrogen and oxygen atoms in total. The number of carboxylic acids is 1. The van der Waals surface area contributed by atoms with Crippen LogP contribution in [0, 0.1) is 5.92 Å². The number of aliphatic carboxylic acids is 1. The number of hydrogen-bond donors (Lipinski definition) is 3. The van der Waals surface area contributed by atoms with Crippen LogP contribution in [0.15, 0.2) is 60.8 Å². The Hall–Kier alpha value is -3.61. The number of fused-ring (bicyclic) bond motifs is 1. The van der Waals surface area contributed by atoms with Crippen molar-refractivity contribution in [1.82, 2.24) is 15.2 Å². The van der Waals surface area contributed by atoms with E-state index in [1.165, 1.54) is 0 Å². The molecule has 3 N–H and O–H groups in total. The molecule has 1 aromatic heterocycles. The summed E-state index contributed by atoms with van der Waals surface area (Å²) in [6.07, 6.45) is 2.83. The normalized spacial score (nSPS) is 16.5. The lowest BCUT2D eigenvalue weighted by atomic mass is 9.90. The summed E-state index contributed by atoms with van der Waals surface area (Å²) in [4.78, 5) is 42.5. The molecular formula is C25H27N3O4. The molecule has 0 bridgehead atoms. The van der Waals surface area contributed by atoms with E-state index in [4.69, 9.17) is 0 Å². The Morgan fingerprint density at radius 3 is 2.38 bits per heavy atom. The number of carbonyl (C=O) groups is 3. The van der Waals surface area contributed by atoms with E-state index in [-0.39, 0.29) is 17.7 Å². The summed E-state index contributed by atoms with van der Waals surface area (Å²) in [7, 11) is 0. The monoisotopic (exact) mass is 433 g/mol. The summed E-state index contributed by atoms with van der Waals surface area (Å²) in [5.74, 6) is -2.09. The van der Waals surface area contributed by atoms with Crippen molar-refractivity contribution in [3.8, 4) is 0 Å². The van der Waals surface area contributed by atoms with E-state index in [9.17, 15) is 19.5 Å². The molecule has 2 aromatic carbocycles. The summed E-state index contributed by atoms with van der Waals surface area (Å²) < 4.78 is 0. The van der Waals surface area contributed by atoms with Gasteiger partial charge in [0.15, 0.2) is 0 Å². The molecule has 7 heteroatoms. The fourth-order valence-electron chi connectivity index (χ4n) is 4.43. The SMILES string of the molecule is C[C@@H](c1c[nH]c2ccccc12)[C@@H](NC(=O)C1CCN(C(=O)c2ccccc2)CC1)C(=O)O. The third kappa shape index (κ3) is 4.37. The highest BCUT2D eigenvalue weighted by atomic mass is 16.4. The Balaban J connectivity index is 1.40. The van der Waals surface area contributed by atoms with Crippen LogP contribution in [0.3, 0.4) is 0 Å². The second-order valence-electron chi connectivity index (χ2n) is 8.34. The first-order valence-electron chi connectivity index (χ1n) is 10.9. The van der Waals surface area contributed by atoms with Crippen LogP contribution >= 0.6 is 0 Å². The van der Waals surface area contributed by atoms with Crippen LogP contribution in [0.4, 0.5) is 0 Å². The molecule has 2 atom stereocenters. The Morgan fingerprint density at radius 2 is 1.69 bits per heavy atom. The van der Waals surface area contributed by atoms with Crippen LogP contribution in [0.1, 0.15) is 41.6 Å². The summed E-state index contributed by atoms with van der Waals surface area (Å²) in [5.41, 5.74) is 2.42. The van der Waals surface area contributed by atoms with Crippen LogP contribution in [-0.2, 0) is 9.59 Å². The van der Waals surface area contributed by atoms with E-state index < -0.39 is 17.9 Å². The Bertz CT molecular complexity index is 1120. The average Bonchev–Trinajstić information content (AvgIpc) is 3.26. The van der Waals surface area contributed by atoms with E-state index in [2.05, 4.69) is 10.3 Å². The van der Waals surface area contributed by atoms with Crippen LogP contribution in [0.25, 0.3) is 10.9 Å². The van der Waals surface area contributed by atoms with Crippen molar-refractivity contribution in [3.63, 3.8) is 0 Å². The van der Waals surface area contributed by atoms with Gasteiger partial charge in [0.2, 0.25) is 5.91 Å². The van der Waals surface area contributed by atoms with Crippen molar-refractivity contribution < 1.29 is 19.5 Å². The average molecular weight is 434 g/mol. The molecule has 2 heterocycles. The maximum absolute atomic E-state index is 12.9. The Labute approximate surface area is 186 Å². The lowest BCUT2D eigenvalue weighted by molar-refractivity contribution is -0.143. The highest BCUT2D eigenvalue weighted by Crippen LogP contribution is 2.28. The first-order chi connectivity index (χ1) is 15.5. The van der Waals surface area contributed by atoms with Gasteiger partial charge in [0.1, 0.15) is 6.04 Å². The molecule has 4 rings (SSSR count). The predicted octanol–water partition coefficient (Wildman–Crippen LogP) is 3.39. The smallest absolute Gasteiger partial charge is 0.326 e. The number of rotatable bonds is 6. The van der Waals surface area contributed by atoms with Gasteiger partial charge in [-0.2, -0.15) is 0 Å². The summed E-state index contributed by atoms with van der Waals surface area (Å²) in [5, 5.41) is 13.5. The van der Waals surface area contributed by atoms with Gasteiger partial charge in [-0.15, -0.1) is 0 Å². The van der Waals surface area contributed by atoms with Gasteiger partial charge in [-0.05, 0) is 36.6 Å². The summed E-state index contributed by atoms with van der Waals surface area (Å²) in [6.45, 7) is 2.76. The summed E-state index contributed by atoms with van der Waals surface area (Å²) >= 11 is 0. The number of hydrogen-bond acceptors (Lipinski definition) is 3. The van der Waals surface area contributed by atoms with Crippen molar-refractivity contribution in [1.29, 1.82) is 0 Å². The highest BCUT2D eigenvalue weighted by molar-refractivity contribution is 5.94. The molecule has 0 unspecified atom stereocenters. The minimum Gasteiger partial charge on any atom is -0.480 e. The number of aromatic nitrogens is 1. The van der Waals surface area contributed by atoms with Crippen LogP contribution in [0.2, 0.25) is 0 Å². The quantitative estimate of drug-likeness (QED) is 0.554. The molecule has 0 spiro atoms. The van der Waals surface area contributed by atoms with Crippen LogP contribution in [-0.4, -0.2) is 51.9 Å². The number of carboxylic acid groups (broad SMARTS) is 1. The van der Waals surface area contributed by atoms with Crippen molar-refractivity contribution in [3.05, 3.63) is 71.9 Å². The standard InChI is InChI=1S/C25H27N3O4/c1-16(20-15-26-21-10-6-5-9-19(20)21)22(25(31)32)27-23(29)17-11-13-28(14-12-17)24(30)18-7-3-2-4-8-18/h2-10,15-17,22,26H,11-14H2,1H3,(H,27,29)(H,31,32)/t16-,22+/m0/s1. The number of H-pyrrole nitrogens is 1. The number of nitrogens with zero attached hydrogens (tertiary/aromatic N) is 1. The molecule has 1 aliphatic rings. The topological polar surface area (TPSA) is 103 Å². The number of aromatic amines is 1. The maximum Gasteiger partial charge on any atom is 0.326 e. The van der Waals surface area contributed by atoms with E-state index >= 15 is 0 Å². The van der Waals surface area contributed by atoms with Gasteiger partial charge in [0, 0.05) is 47.6 Å². The van der Waals surface area contributed by atoms with Crippen molar-refractivity contribution in [2.45, 2.75) is 31.7 Å². The number of carbonyl (C=O) groups excluding carboxylic acids is 2. The molecule has 0 aliphatic carbocycles. The largest absolute Gasteiger partial charge is 0.480 e. The minimum absolute atomic E-state index is 0.0409. The van der Waals surface area contributed by atoms with E-state index in [0.29, 0.717) is 31.5 Å². The molecule has 0 radical (unpaired) electrons. The summed E-state index contributed by atoms with van der Waals surface area (Å²) in [6, 6.07) is 15.7. The van der Waals surface area contributed by atoms with E-state index in [1.807, 2.05) is 55.6 Å². The van der Waals surface area contributed by atoms with Gasteiger partial charge in [-0.3, -0.25) is 9.59 Å². The third-order valence-electron chi connectivity index (χ3n) is 6.35. The molecule has 3 aromatic rings. The zero-order chi connectivity index (χ0) is 22.7. The van der Waals surface area contributed by atoms with Gasteiger partial charge in [-0.1, -0.05) is 43.3 Å². The van der Waals surface area contributed by atoms with Crippen molar-refractivity contribution in [2.75, 3.05) is 13.1 Å². The molecule has 32 heavy (non-hydrogen) atoms. The number of nitrogens with one attached hydrogen (secondary N) is 2. The molecule has 2 amide bonds. The molecule has 166 valence electrons. The zero-order valence-corrected chi connectivity index (χ0v) is 18.0. The van der Waals surface area contributed by atoms with Crippen LogP contribution in [0.5, 0.6) is 0 Å². The number of likely N-dealkylation sites (tertiary alicyclic amines) is 1. The zero-order valence-electron chi connectivity index (χ0n) is 18.0. The molecule has 0 saturated carbocycles. The molecular weight excluding hydrogens is 406 g/mol. The highest BCUT2D eigenvalue weighted by Gasteiger charge is 2.33. The van der Waals surface area contributed by atoms with Gasteiger partial charge in [0.25, 0.3) is 5.91 Å². The Kier molecular flexibility index (Phi) is 6.25. The predicted molar refractivity (Wildman–Crippen MR) is 121 cm³/mol. The van der Waals surface area contributed by atoms with Crippen LogP contribution < -0.4 is 5.32 Å². The lowest BCUT2D eigenvalue weighted by Crippen LogP contribution is -2.49. The number of para-hydroxylation sites is 1. The third-order valence-corrected chi connectivity index (χ3v) is 6.35. The van der Waals surface area contributed by atoms with Gasteiger partial charge in [-0.25, -0.2) is 4.79 Å². The number of piperidine rings is 1. The number of amides is 2. The van der Waals surface area contributed by atoms with Crippen molar-refractivity contribution >= 4 is 28.7 Å². The fraction of sp³-hybridized carbons (Fsp3) is 0.320. The second kappa shape index (κ2) is 9.26. The molecule has 1 fully saturated rings. The minimum atomic E-state index is -1.06. The fourth-order valence-corrected chi connectivity index (χ4v) is 4.43. The first-order valence-corrected chi connectivity index (χ1v) is 10.9. The second-order valence-corrected chi connectivity index (χ2v) is 8.34. The molecule has 1 aliphatic heterocycles. The van der Waals surface area contributed by atoms with Gasteiger partial charge in [0.05, 0.1) is 0 Å². The molecule has 1 saturated heterocycles. The van der Waals surface area contributed by atoms with E-state index in [0.717, 1.165) is 16.5 Å².